The molecule has 6 nitrogen and oxygen atoms in total. The van der Waals surface area contributed by atoms with Crippen molar-refractivity contribution < 1.29 is 9.59 Å². The summed E-state index contributed by atoms with van der Waals surface area (Å²) in [6.07, 6.45) is 2.19. The van der Waals surface area contributed by atoms with Crippen LogP contribution in [0.1, 0.15) is 42.4 Å². The number of aromatic amines is 1. The van der Waals surface area contributed by atoms with Gasteiger partial charge in [-0.25, -0.2) is 0 Å². The number of rotatable bonds is 7. The van der Waals surface area contributed by atoms with Gasteiger partial charge in [-0.3, -0.25) is 14.7 Å². The van der Waals surface area contributed by atoms with Crippen LogP contribution >= 0.6 is 0 Å². The molecule has 0 bridgehead atoms. The molecule has 0 aliphatic rings. The molecule has 0 radical (unpaired) electrons. The third-order valence-corrected chi connectivity index (χ3v) is 4.31. The highest BCUT2D eigenvalue weighted by Crippen LogP contribution is 2.26. The number of H-pyrrole nitrogens is 1. The van der Waals surface area contributed by atoms with Crippen molar-refractivity contribution in [1.29, 1.82) is 0 Å². The van der Waals surface area contributed by atoms with Crippen LogP contribution in [0.5, 0.6) is 0 Å². The Morgan fingerprint density at radius 1 is 0.960 bits per heavy atom. The summed E-state index contributed by atoms with van der Waals surface area (Å²) in [5.74, 6) is 0.428. The molecule has 25 heavy (non-hydrogen) atoms. The first kappa shape index (κ1) is 18.7. The summed E-state index contributed by atoms with van der Waals surface area (Å²) in [5.41, 5.74) is 5.61. The van der Waals surface area contributed by atoms with Crippen molar-refractivity contribution in [3.8, 4) is 11.3 Å². The highest BCUT2D eigenvalue weighted by atomic mass is 16.2. The van der Waals surface area contributed by atoms with Crippen LogP contribution in [0.15, 0.2) is 18.2 Å². The third kappa shape index (κ3) is 5.17. The summed E-state index contributed by atoms with van der Waals surface area (Å²) in [6, 6.07) is 6.12. The molecule has 0 aliphatic heterocycles. The van der Waals surface area contributed by atoms with Crippen LogP contribution in [0.4, 0.5) is 5.82 Å². The van der Waals surface area contributed by atoms with E-state index in [-0.39, 0.29) is 11.8 Å². The molecule has 0 atom stereocenters. The first-order valence-corrected chi connectivity index (χ1v) is 8.54. The number of hydrogen-bond acceptors (Lipinski definition) is 3. The molecular formula is C19H26N4O2. The number of anilines is 1. The van der Waals surface area contributed by atoms with Crippen molar-refractivity contribution >= 4 is 17.6 Å². The summed E-state index contributed by atoms with van der Waals surface area (Å²) in [5, 5.41) is 12.5. The van der Waals surface area contributed by atoms with E-state index in [0.717, 1.165) is 11.3 Å². The lowest BCUT2D eigenvalue weighted by atomic mass is 9.99. The fourth-order valence-electron chi connectivity index (χ4n) is 2.68. The minimum atomic E-state index is -0.0910. The molecule has 0 unspecified atom stereocenters. The molecule has 2 aromatic rings. The molecule has 0 saturated heterocycles. The predicted molar refractivity (Wildman–Crippen MR) is 99.4 cm³/mol. The maximum Gasteiger partial charge on any atom is 0.225 e. The minimum absolute atomic E-state index is 0.00103. The lowest BCUT2D eigenvalue weighted by Crippen LogP contribution is -2.17. The van der Waals surface area contributed by atoms with Crippen molar-refractivity contribution in [1.82, 2.24) is 15.5 Å². The zero-order valence-corrected chi connectivity index (χ0v) is 15.3. The molecule has 0 aliphatic carbocycles. The highest BCUT2D eigenvalue weighted by Gasteiger charge is 2.10. The van der Waals surface area contributed by atoms with Gasteiger partial charge in [0, 0.05) is 31.5 Å². The molecule has 0 fully saturated rings. The Labute approximate surface area is 148 Å². The van der Waals surface area contributed by atoms with E-state index < -0.39 is 0 Å². The second kappa shape index (κ2) is 8.46. The molecule has 134 valence electrons. The second-order valence-corrected chi connectivity index (χ2v) is 6.35. The van der Waals surface area contributed by atoms with E-state index in [1.807, 2.05) is 6.07 Å². The van der Waals surface area contributed by atoms with Crippen LogP contribution < -0.4 is 10.6 Å². The Bertz CT molecular complexity index is 765. The molecule has 0 spiro atoms. The normalized spacial score (nSPS) is 10.6. The van der Waals surface area contributed by atoms with E-state index in [1.54, 1.807) is 7.05 Å². The van der Waals surface area contributed by atoms with Crippen LogP contribution in [-0.4, -0.2) is 29.1 Å². The average molecular weight is 342 g/mol. The smallest absolute Gasteiger partial charge is 0.225 e. The standard InChI is InChI=1S/C19H26N4O2/c1-12-9-14(3)15(10-13(12)2)16-11-17(23-22-16)21-19(25)8-6-5-7-18(24)20-4/h9-11H,5-8H2,1-4H3,(H,20,24)(H2,21,22,23,25). The highest BCUT2D eigenvalue weighted by molar-refractivity contribution is 5.90. The minimum Gasteiger partial charge on any atom is -0.359 e. The number of nitrogens with one attached hydrogen (secondary N) is 3. The maximum atomic E-state index is 12.0. The fourth-order valence-corrected chi connectivity index (χ4v) is 2.68. The van der Waals surface area contributed by atoms with Gasteiger partial charge in [-0.15, -0.1) is 0 Å². The topological polar surface area (TPSA) is 86.9 Å². The third-order valence-electron chi connectivity index (χ3n) is 4.31. The number of unbranched alkanes of at least 4 members (excludes halogenated alkanes) is 1. The van der Waals surface area contributed by atoms with Crippen molar-refractivity contribution in [2.75, 3.05) is 12.4 Å². The van der Waals surface area contributed by atoms with E-state index in [2.05, 4.69) is 53.7 Å². The van der Waals surface area contributed by atoms with Crippen LogP contribution in [0.25, 0.3) is 11.3 Å². The lowest BCUT2D eigenvalue weighted by molar-refractivity contribution is -0.121. The Morgan fingerprint density at radius 3 is 2.28 bits per heavy atom. The summed E-state index contributed by atoms with van der Waals surface area (Å²) in [6.45, 7) is 6.23. The lowest BCUT2D eigenvalue weighted by Gasteiger charge is -2.07. The number of benzene rings is 1. The number of amides is 2. The Kier molecular flexibility index (Phi) is 6.33. The molecule has 1 aromatic carbocycles. The molecule has 2 rings (SSSR count). The number of aryl methyl sites for hydroxylation is 3. The molecule has 3 N–H and O–H groups in total. The van der Waals surface area contributed by atoms with Gasteiger partial charge in [0.2, 0.25) is 11.8 Å². The molecule has 6 heteroatoms. The average Bonchev–Trinajstić information content (AvgIpc) is 3.02. The van der Waals surface area contributed by atoms with Crippen molar-refractivity contribution in [2.24, 2.45) is 0 Å². The van der Waals surface area contributed by atoms with Crippen LogP contribution in [0, 0.1) is 20.8 Å². The van der Waals surface area contributed by atoms with Crippen LogP contribution in [0.3, 0.4) is 0 Å². The summed E-state index contributed by atoms with van der Waals surface area (Å²) >= 11 is 0. The van der Waals surface area contributed by atoms with Gasteiger partial charge in [0.25, 0.3) is 0 Å². The largest absolute Gasteiger partial charge is 0.359 e. The van der Waals surface area contributed by atoms with E-state index in [9.17, 15) is 9.59 Å². The van der Waals surface area contributed by atoms with E-state index in [1.165, 1.54) is 16.7 Å². The van der Waals surface area contributed by atoms with Crippen molar-refractivity contribution in [3.63, 3.8) is 0 Å². The molecule has 1 heterocycles. The summed E-state index contributed by atoms with van der Waals surface area (Å²) in [7, 11) is 1.61. The fraction of sp³-hybridized carbons (Fsp3) is 0.421. The number of carbonyl (C=O) groups excluding carboxylic acids is 2. The van der Waals surface area contributed by atoms with Crippen molar-refractivity contribution in [3.05, 3.63) is 34.9 Å². The van der Waals surface area contributed by atoms with Gasteiger partial charge in [-0.2, -0.15) is 5.10 Å². The SMILES string of the molecule is CNC(=O)CCCCC(=O)Nc1cc(-c2cc(C)c(C)cc2C)[nH]n1. The molecule has 0 saturated carbocycles. The molecule has 2 amide bonds. The molecule has 1 aromatic heterocycles. The zero-order chi connectivity index (χ0) is 18.4. The Hall–Kier alpha value is -2.63. The first-order valence-electron chi connectivity index (χ1n) is 8.54. The Balaban J connectivity index is 1.92. The predicted octanol–water partition coefficient (Wildman–Crippen LogP) is 3.25. The van der Waals surface area contributed by atoms with Gasteiger partial charge in [-0.1, -0.05) is 6.07 Å². The van der Waals surface area contributed by atoms with Crippen LogP contribution in [-0.2, 0) is 9.59 Å². The Morgan fingerprint density at radius 2 is 1.60 bits per heavy atom. The zero-order valence-electron chi connectivity index (χ0n) is 15.3. The summed E-state index contributed by atoms with van der Waals surface area (Å²) < 4.78 is 0. The van der Waals surface area contributed by atoms with Gasteiger partial charge in [0.05, 0.1) is 5.69 Å². The van der Waals surface area contributed by atoms with Gasteiger partial charge < -0.3 is 10.6 Å². The van der Waals surface area contributed by atoms with Crippen molar-refractivity contribution in [2.45, 2.75) is 46.5 Å². The van der Waals surface area contributed by atoms with Gasteiger partial charge in [0.1, 0.15) is 0 Å². The number of aromatic nitrogens is 2. The van der Waals surface area contributed by atoms with E-state index >= 15 is 0 Å². The number of hydrogen-bond donors (Lipinski definition) is 3. The maximum absolute atomic E-state index is 12.0. The van der Waals surface area contributed by atoms with E-state index in [4.69, 9.17) is 0 Å². The first-order chi connectivity index (χ1) is 11.9. The molecular weight excluding hydrogens is 316 g/mol. The number of nitrogens with zero attached hydrogens (tertiary/aromatic N) is 1. The van der Waals surface area contributed by atoms with Gasteiger partial charge in [0.15, 0.2) is 5.82 Å². The van der Waals surface area contributed by atoms with Crippen LogP contribution in [0.2, 0.25) is 0 Å². The quantitative estimate of drug-likeness (QED) is 0.675. The van der Waals surface area contributed by atoms with Gasteiger partial charge in [-0.05, 0) is 56.4 Å². The van der Waals surface area contributed by atoms with Gasteiger partial charge >= 0.3 is 0 Å². The second-order valence-electron chi connectivity index (χ2n) is 6.35. The van der Waals surface area contributed by atoms with E-state index in [0.29, 0.717) is 31.5 Å². The number of carbonyl (C=O) groups is 2. The summed E-state index contributed by atoms with van der Waals surface area (Å²) in [4.78, 5) is 23.1. The monoisotopic (exact) mass is 342 g/mol.